The van der Waals surface area contributed by atoms with E-state index < -0.39 is 10.3 Å². The van der Waals surface area contributed by atoms with E-state index in [1.165, 1.54) is 0 Å². The molecule has 1 rings (SSSR count). The standard InChI is InChI=1S/C7H6Cl2O/c8-7(9)4-2-1-3-6(7)5-10/h1-6H. The van der Waals surface area contributed by atoms with Gasteiger partial charge in [-0.3, -0.25) is 0 Å². The van der Waals surface area contributed by atoms with Gasteiger partial charge in [0.15, 0.2) is 0 Å². The van der Waals surface area contributed by atoms with E-state index in [4.69, 9.17) is 23.2 Å². The predicted molar refractivity (Wildman–Crippen MR) is 42.3 cm³/mol. The van der Waals surface area contributed by atoms with Crippen molar-refractivity contribution in [3.8, 4) is 0 Å². The molecular weight excluding hydrogens is 171 g/mol. The van der Waals surface area contributed by atoms with Crippen molar-refractivity contribution in [2.24, 2.45) is 5.92 Å². The Hall–Kier alpha value is -0.270. The van der Waals surface area contributed by atoms with Gasteiger partial charge < -0.3 is 4.79 Å². The zero-order valence-electron chi connectivity index (χ0n) is 5.13. The number of alkyl halides is 2. The molecule has 0 aliphatic heterocycles. The molecule has 0 aromatic carbocycles. The molecule has 0 saturated carbocycles. The Kier molecular flexibility index (Phi) is 2.17. The van der Waals surface area contributed by atoms with Crippen LogP contribution >= 0.6 is 23.2 Å². The second kappa shape index (κ2) is 2.77. The molecule has 1 unspecified atom stereocenters. The van der Waals surface area contributed by atoms with Gasteiger partial charge in [0.1, 0.15) is 10.6 Å². The first-order valence-corrected chi connectivity index (χ1v) is 3.61. The Morgan fingerprint density at radius 2 is 2.10 bits per heavy atom. The van der Waals surface area contributed by atoms with Gasteiger partial charge in [0, 0.05) is 0 Å². The Morgan fingerprint density at radius 3 is 2.50 bits per heavy atom. The Bertz CT molecular complexity index is 194. The maximum atomic E-state index is 10.3. The SMILES string of the molecule is O=CC1C=CC=CC1(Cl)Cl. The van der Waals surface area contributed by atoms with Crippen molar-refractivity contribution in [3.63, 3.8) is 0 Å². The molecule has 1 aliphatic carbocycles. The molecule has 0 heterocycles. The monoisotopic (exact) mass is 176 g/mol. The fourth-order valence-corrected chi connectivity index (χ4v) is 1.14. The Labute approximate surface area is 69.3 Å². The van der Waals surface area contributed by atoms with E-state index in [9.17, 15) is 4.79 Å². The number of rotatable bonds is 1. The van der Waals surface area contributed by atoms with Crippen molar-refractivity contribution in [3.05, 3.63) is 24.3 Å². The average Bonchev–Trinajstić information content (AvgIpc) is 1.87. The number of hydrogen-bond acceptors (Lipinski definition) is 1. The first-order chi connectivity index (χ1) is 4.67. The number of hydrogen-bond donors (Lipinski definition) is 0. The minimum atomic E-state index is -1.05. The first-order valence-electron chi connectivity index (χ1n) is 2.86. The van der Waals surface area contributed by atoms with Crippen LogP contribution in [0.25, 0.3) is 0 Å². The van der Waals surface area contributed by atoms with Crippen molar-refractivity contribution in [2.45, 2.75) is 4.33 Å². The van der Waals surface area contributed by atoms with Gasteiger partial charge >= 0.3 is 0 Å². The number of aldehydes is 1. The number of carbonyl (C=O) groups excluding carboxylic acids is 1. The van der Waals surface area contributed by atoms with Gasteiger partial charge in [0.05, 0.1) is 5.92 Å². The molecule has 0 fully saturated rings. The largest absolute Gasteiger partial charge is 0.303 e. The number of carbonyl (C=O) groups is 1. The summed E-state index contributed by atoms with van der Waals surface area (Å²) >= 11 is 11.5. The van der Waals surface area contributed by atoms with Crippen LogP contribution in [0.4, 0.5) is 0 Å². The zero-order valence-corrected chi connectivity index (χ0v) is 6.64. The molecule has 1 nitrogen and oxygen atoms in total. The first kappa shape index (κ1) is 7.83. The molecule has 0 amide bonds. The second-order valence-corrected chi connectivity index (χ2v) is 3.52. The molecule has 0 N–H and O–H groups in total. The highest BCUT2D eigenvalue weighted by molar-refractivity contribution is 6.51. The van der Waals surface area contributed by atoms with Crippen LogP contribution in [0.1, 0.15) is 0 Å². The second-order valence-electron chi connectivity index (χ2n) is 2.08. The topological polar surface area (TPSA) is 17.1 Å². The van der Waals surface area contributed by atoms with E-state index in [-0.39, 0.29) is 0 Å². The molecule has 0 bridgehead atoms. The van der Waals surface area contributed by atoms with Crippen LogP contribution in [0.2, 0.25) is 0 Å². The van der Waals surface area contributed by atoms with E-state index >= 15 is 0 Å². The van der Waals surface area contributed by atoms with Crippen molar-refractivity contribution in [1.29, 1.82) is 0 Å². The third-order valence-electron chi connectivity index (χ3n) is 1.34. The third-order valence-corrected chi connectivity index (χ3v) is 2.09. The van der Waals surface area contributed by atoms with E-state index in [0.29, 0.717) is 0 Å². The van der Waals surface area contributed by atoms with Crippen molar-refractivity contribution < 1.29 is 4.79 Å². The van der Waals surface area contributed by atoms with Crippen molar-refractivity contribution in [1.82, 2.24) is 0 Å². The molecule has 0 radical (unpaired) electrons. The summed E-state index contributed by atoms with van der Waals surface area (Å²) in [5.74, 6) is -0.416. The highest BCUT2D eigenvalue weighted by Crippen LogP contribution is 2.33. The third kappa shape index (κ3) is 1.41. The lowest BCUT2D eigenvalue weighted by molar-refractivity contribution is -0.110. The summed E-state index contributed by atoms with van der Waals surface area (Å²) in [4.78, 5) is 10.3. The lowest BCUT2D eigenvalue weighted by atomic mass is 10.0. The van der Waals surface area contributed by atoms with Crippen LogP contribution in [0.3, 0.4) is 0 Å². The van der Waals surface area contributed by atoms with Crippen molar-refractivity contribution in [2.75, 3.05) is 0 Å². The molecule has 0 aromatic heterocycles. The lowest BCUT2D eigenvalue weighted by Gasteiger charge is -2.21. The summed E-state index contributed by atoms with van der Waals surface area (Å²) in [6.07, 6.45) is 7.48. The summed E-state index contributed by atoms with van der Waals surface area (Å²) in [7, 11) is 0. The molecule has 0 spiro atoms. The molecule has 1 atom stereocenters. The van der Waals surface area contributed by atoms with Gasteiger partial charge in [-0.15, -0.1) is 0 Å². The fourth-order valence-electron chi connectivity index (χ4n) is 0.743. The maximum Gasteiger partial charge on any atom is 0.149 e. The number of halogens is 2. The molecule has 10 heavy (non-hydrogen) atoms. The van der Waals surface area contributed by atoms with Gasteiger partial charge in [-0.25, -0.2) is 0 Å². The summed E-state index contributed by atoms with van der Waals surface area (Å²) in [6.45, 7) is 0. The van der Waals surface area contributed by atoms with Gasteiger partial charge in [-0.2, -0.15) is 0 Å². The summed E-state index contributed by atoms with van der Waals surface area (Å²) in [5.41, 5.74) is 0. The Morgan fingerprint density at radius 1 is 1.40 bits per heavy atom. The van der Waals surface area contributed by atoms with E-state index in [1.807, 2.05) is 0 Å². The molecular formula is C7H6Cl2O. The van der Waals surface area contributed by atoms with Crippen molar-refractivity contribution >= 4 is 29.5 Å². The summed E-state index contributed by atoms with van der Waals surface area (Å²) in [5, 5.41) is 0. The highest BCUT2D eigenvalue weighted by atomic mass is 35.5. The van der Waals surface area contributed by atoms with E-state index in [0.717, 1.165) is 6.29 Å². The van der Waals surface area contributed by atoms with Crippen LogP contribution in [-0.4, -0.2) is 10.6 Å². The lowest BCUT2D eigenvalue weighted by Crippen LogP contribution is -2.24. The molecule has 54 valence electrons. The van der Waals surface area contributed by atoms with Crippen LogP contribution in [0.15, 0.2) is 24.3 Å². The predicted octanol–water partition coefficient (Wildman–Crippen LogP) is 2.10. The van der Waals surface area contributed by atoms with E-state index in [2.05, 4.69) is 0 Å². The van der Waals surface area contributed by atoms with Gasteiger partial charge in [0.25, 0.3) is 0 Å². The summed E-state index contributed by atoms with van der Waals surface area (Å²) < 4.78 is -1.05. The van der Waals surface area contributed by atoms with Crippen LogP contribution < -0.4 is 0 Å². The minimum Gasteiger partial charge on any atom is -0.303 e. The smallest absolute Gasteiger partial charge is 0.149 e. The van der Waals surface area contributed by atoms with Crippen LogP contribution in [0.5, 0.6) is 0 Å². The fraction of sp³-hybridized carbons (Fsp3) is 0.286. The highest BCUT2D eigenvalue weighted by Gasteiger charge is 2.31. The molecule has 0 aromatic rings. The minimum absolute atomic E-state index is 0.416. The van der Waals surface area contributed by atoms with Crippen LogP contribution in [0, 0.1) is 5.92 Å². The average molecular weight is 177 g/mol. The van der Waals surface area contributed by atoms with Gasteiger partial charge in [-0.05, 0) is 6.08 Å². The molecule has 1 aliphatic rings. The maximum absolute atomic E-state index is 10.3. The Balaban J connectivity index is 2.84. The van der Waals surface area contributed by atoms with Gasteiger partial charge in [-0.1, -0.05) is 41.4 Å². The molecule has 3 heteroatoms. The quantitative estimate of drug-likeness (QED) is 0.442. The molecule has 0 saturated heterocycles. The summed E-state index contributed by atoms with van der Waals surface area (Å²) in [6, 6.07) is 0. The zero-order chi connectivity index (χ0) is 7.61. The van der Waals surface area contributed by atoms with E-state index in [1.54, 1.807) is 24.3 Å². The normalized spacial score (nSPS) is 28.4. The van der Waals surface area contributed by atoms with Gasteiger partial charge in [0.2, 0.25) is 0 Å². The van der Waals surface area contributed by atoms with Crippen LogP contribution in [-0.2, 0) is 4.79 Å². The number of allylic oxidation sites excluding steroid dienone is 4.